The Kier molecular flexibility index (Phi) is 33.8. The molecule has 0 aromatic carbocycles. The van der Waals surface area contributed by atoms with Crippen molar-refractivity contribution in [1.29, 1.82) is 0 Å². The van der Waals surface area contributed by atoms with Crippen LogP contribution in [0.5, 0.6) is 0 Å². The minimum Gasteiger partial charge on any atom is -0.436 e. The lowest BCUT2D eigenvalue weighted by Gasteiger charge is -2.48. The van der Waals surface area contributed by atoms with Crippen LogP contribution in [0.25, 0.3) is 0 Å². The molecule has 0 aliphatic heterocycles. The van der Waals surface area contributed by atoms with E-state index in [1.165, 1.54) is 0 Å². The van der Waals surface area contributed by atoms with Crippen LogP contribution in [0.3, 0.4) is 0 Å². The minimum atomic E-state index is -2.29. The summed E-state index contributed by atoms with van der Waals surface area (Å²) in [5, 5.41) is 0.844. The van der Waals surface area contributed by atoms with Crippen molar-refractivity contribution in [1.82, 2.24) is 4.90 Å². The number of rotatable bonds is 27. The maximum atomic E-state index is 7.08. The van der Waals surface area contributed by atoms with Gasteiger partial charge in [-0.1, -0.05) is 90.5 Å². The number of nitrogens with zero attached hydrogens (tertiary/aromatic N) is 2. The zero-order chi connectivity index (χ0) is 50.6. The molecule has 17 heteroatoms. The summed E-state index contributed by atoms with van der Waals surface area (Å²) >= 11 is 5.38. The van der Waals surface area contributed by atoms with E-state index in [-0.39, 0.29) is 27.6 Å². The molecule has 0 aromatic heterocycles. The highest BCUT2D eigenvalue weighted by atomic mass is 35.5. The molecule has 0 amide bonds. The number of quaternary nitrogens is 1. The number of alkyl halides is 1. The first-order valence-electron chi connectivity index (χ1n) is 23.9. The van der Waals surface area contributed by atoms with Crippen molar-refractivity contribution < 1.29 is 39.9 Å². The monoisotopic (exact) mass is 1040 g/mol. The fourth-order valence-electron chi connectivity index (χ4n) is 5.53. The van der Waals surface area contributed by atoms with Gasteiger partial charge in [0, 0.05) is 20.1 Å². The summed E-state index contributed by atoms with van der Waals surface area (Å²) in [6.07, 6.45) is 2.29. The van der Waals surface area contributed by atoms with E-state index < -0.39 is 50.4 Å². The molecule has 0 aromatic rings. The Hall–Kier alpha value is 1.19. The molecular weight excluding hydrogens is 924 g/mol. The van der Waals surface area contributed by atoms with Gasteiger partial charge >= 0.3 is 17.1 Å². The molecule has 0 heterocycles. The van der Waals surface area contributed by atoms with Gasteiger partial charge in [0.05, 0.1) is 60.3 Å². The van der Waals surface area contributed by atoms with Crippen LogP contribution in [-0.2, 0) is 35.4 Å². The van der Waals surface area contributed by atoms with E-state index in [9.17, 15) is 0 Å². The molecule has 0 radical (unpaired) electrons. The van der Waals surface area contributed by atoms with E-state index in [4.69, 9.17) is 47.0 Å². The molecule has 0 atom stereocenters. The Morgan fingerprint density at radius 1 is 0.453 bits per heavy atom. The van der Waals surface area contributed by atoms with Gasteiger partial charge in [0.1, 0.15) is 6.54 Å². The van der Waals surface area contributed by atoms with Crippen molar-refractivity contribution in [2.45, 2.75) is 201 Å². The Balaban J connectivity index is -0.000000454. The van der Waals surface area contributed by atoms with Crippen LogP contribution in [0.4, 0.5) is 0 Å². The molecule has 0 N–H and O–H groups in total. The number of methoxy groups -OCH3 is 2. The highest BCUT2D eigenvalue weighted by Crippen LogP contribution is 2.45. The lowest BCUT2D eigenvalue weighted by atomic mass is 10.2. The summed E-state index contributed by atoms with van der Waals surface area (Å²) in [6, 6.07) is 2.16. The standard InChI is InChI=1S/C21H52NO3Si3.C18H45NO2Si3.C7H15ClO3.CH4/c1-20(2,3)26(10,11)24-28(14,25-27(12,13)21(4,5)6)19-15-16-22(7,8)17-18-23-9;1-17(2,3)22(9,10)20-24(13,16-14-15-19(7)8)21-23(11,12)18(4,5)6;1-9-4-5-11-7-6-10-3-2-8;/h15-19H2,1-14H3;14-16H2,1-13H3;2-7H2,1H3;1H4/q+1;;;. The molecule has 0 aliphatic carbocycles. The number of ether oxygens (including phenoxy) is 4. The molecule has 392 valence electrons. The molecule has 0 unspecified atom stereocenters. The van der Waals surface area contributed by atoms with E-state index in [1.807, 2.05) is 0 Å². The molecule has 64 heavy (non-hydrogen) atoms. The van der Waals surface area contributed by atoms with Crippen molar-refractivity contribution in [3.63, 3.8) is 0 Å². The summed E-state index contributed by atoms with van der Waals surface area (Å²) in [5.74, 6) is 0.540. The topological polar surface area (TPSA) is 77.1 Å². The second-order valence-electron chi connectivity index (χ2n) is 25.0. The molecule has 0 rings (SSSR count). The van der Waals surface area contributed by atoms with E-state index in [2.05, 4.69) is 182 Å². The number of halogens is 1. The molecule has 0 bridgehead atoms. The van der Waals surface area contributed by atoms with Gasteiger partial charge in [0.2, 0.25) is 0 Å². The van der Waals surface area contributed by atoms with Gasteiger partial charge in [-0.25, -0.2) is 0 Å². The second kappa shape index (κ2) is 30.2. The Morgan fingerprint density at radius 2 is 0.750 bits per heavy atom. The van der Waals surface area contributed by atoms with Crippen LogP contribution < -0.4 is 0 Å². The molecule has 0 saturated heterocycles. The van der Waals surface area contributed by atoms with Gasteiger partial charge < -0.3 is 44.8 Å². The fraction of sp³-hybridized carbons (Fsp3) is 1.00. The average Bonchev–Trinajstić information content (AvgIpc) is 3.04. The molecule has 0 fully saturated rings. The van der Waals surface area contributed by atoms with Crippen LogP contribution in [0.2, 0.25) is 97.7 Å². The summed E-state index contributed by atoms with van der Waals surface area (Å²) < 4.78 is 49.3. The lowest BCUT2D eigenvalue weighted by Crippen LogP contribution is -2.59. The SMILES string of the molecule is C.CN(C)CCC[Si](C)(O[Si](C)(C)C(C)(C)C)O[Si](C)(C)C(C)(C)C.COCCOCCOCCCl.COCC[N+](C)(C)CCC[Si](C)(O[Si](C)(C)C(C)(C)C)O[Si](C)(C)C(C)(C)C. The molecule has 10 nitrogen and oxygen atoms in total. The van der Waals surface area contributed by atoms with Gasteiger partial charge in [-0.2, -0.15) is 0 Å². The van der Waals surface area contributed by atoms with Crippen molar-refractivity contribution in [2.24, 2.45) is 0 Å². The predicted octanol–water partition coefficient (Wildman–Crippen LogP) is 13.8. The first-order valence-corrected chi connectivity index (χ1v) is 41.1. The minimum absolute atomic E-state index is 0. The quantitative estimate of drug-likeness (QED) is 0.0346. The zero-order valence-electron chi connectivity index (χ0n) is 47.4. The van der Waals surface area contributed by atoms with E-state index in [0.29, 0.717) is 38.9 Å². The normalized spacial score (nSPS) is 14.2. The van der Waals surface area contributed by atoms with Crippen molar-refractivity contribution in [3.05, 3.63) is 0 Å². The summed E-state index contributed by atoms with van der Waals surface area (Å²) in [6.45, 7) is 58.6. The number of likely N-dealkylation sites (N-methyl/N-ethyl adjacent to an activating group) is 1. The molecule has 0 spiro atoms. The van der Waals surface area contributed by atoms with E-state index in [0.717, 1.165) is 55.7 Å². The third-order valence-electron chi connectivity index (χ3n) is 13.7. The number of hydrogen-bond acceptors (Lipinski definition) is 9. The van der Waals surface area contributed by atoms with Crippen LogP contribution in [0.15, 0.2) is 0 Å². The van der Waals surface area contributed by atoms with Crippen LogP contribution in [0, 0.1) is 0 Å². The number of hydrogen-bond donors (Lipinski definition) is 0. The van der Waals surface area contributed by atoms with Crippen LogP contribution >= 0.6 is 11.6 Å². The van der Waals surface area contributed by atoms with Gasteiger partial charge in [0.25, 0.3) is 0 Å². The van der Waals surface area contributed by atoms with Crippen molar-refractivity contribution in [3.8, 4) is 0 Å². The smallest absolute Gasteiger partial charge is 0.314 e. The fourth-order valence-corrected chi connectivity index (χ4v) is 32.1. The van der Waals surface area contributed by atoms with E-state index >= 15 is 0 Å². The van der Waals surface area contributed by atoms with Crippen LogP contribution in [0.1, 0.15) is 103 Å². The largest absolute Gasteiger partial charge is 0.436 e. The Bertz CT molecular complexity index is 1140. The third-order valence-corrected chi connectivity index (χ3v) is 45.9. The second-order valence-corrected chi connectivity index (χ2v) is 52.3. The first-order chi connectivity index (χ1) is 27.9. The summed E-state index contributed by atoms with van der Waals surface area (Å²) in [5.41, 5.74) is 0. The lowest BCUT2D eigenvalue weighted by molar-refractivity contribution is -0.890. The van der Waals surface area contributed by atoms with Crippen LogP contribution in [-0.4, -0.2) is 167 Å². The molecule has 0 aliphatic rings. The first kappa shape index (κ1) is 71.7. The van der Waals surface area contributed by atoms with Gasteiger partial charge in [0.15, 0.2) is 33.3 Å². The highest BCUT2D eigenvalue weighted by molar-refractivity contribution is 6.91. The summed E-state index contributed by atoms with van der Waals surface area (Å²) in [7, 11) is 0.371. The van der Waals surface area contributed by atoms with Gasteiger partial charge in [-0.15, -0.1) is 11.6 Å². The maximum Gasteiger partial charge on any atom is 0.314 e. The average molecular weight is 1040 g/mol. The van der Waals surface area contributed by atoms with E-state index in [1.54, 1.807) is 14.2 Å². The van der Waals surface area contributed by atoms with Gasteiger partial charge in [-0.05, 0) is 131 Å². The zero-order valence-corrected chi connectivity index (χ0v) is 54.2. The third kappa shape index (κ3) is 30.7. The predicted molar refractivity (Wildman–Crippen MR) is 298 cm³/mol. The molecular formula is C47H116ClN2O8Si6+. The van der Waals surface area contributed by atoms with Gasteiger partial charge in [-0.3, -0.25) is 0 Å². The highest BCUT2D eigenvalue weighted by Gasteiger charge is 2.51. The Morgan fingerprint density at radius 3 is 1.03 bits per heavy atom. The molecule has 0 saturated carbocycles. The van der Waals surface area contributed by atoms with Crippen molar-refractivity contribution in [2.75, 3.05) is 108 Å². The maximum absolute atomic E-state index is 7.08. The van der Waals surface area contributed by atoms with Crippen molar-refractivity contribution >= 4 is 62.0 Å². The Labute approximate surface area is 413 Å². The summed E-state index contributed by atoms with van der Waals surface area (Å²) in [4.78, 5) is 2.26.